The average Bonchev–Trinajstić information content (AvgIpc) is 2.88. The van der Waals surface area contributed by atoms with E-state index in [1.54, 1.807) is 0 Å². The Morgan fingerprint density at radius 3 is 2.50 bits per heavy atom. The summed E-state index contributed by atoms with van der Waals surface area (Å²) in [6, 6.07) is 0.171. The predicted octanol–water partition coefficient (Wildman–Crippen LogP) is 1.96. The summed E-state index contributed by atoms with van der Waals surface area (Å²) in [7, 11) is 0. The van der Waals surface area contributed by atoms with E-state index in [-0.39, 0.29) is 6.04 Å². The lowest BCUT2D eigenvalue weighted by Crippen LogP contribution is -2.36. The second kappa shape index (κ2) is 5.80. The van der Waals surface area contributed by atoms with Crippen molar-refractivity contribution in [2.45, 2.75) is 45.6 Å². The number of piperidine rings is 1. The van der Waals surface area contributed by atoms with E-state index in [1.807, 2.05) is 0 Å². The zero-order valence-corrected chi connectivity index (χ0v) is 11.5. The van der Waals surface area contributed by atoms with Crippen molar-refractivity contribution in [3.05, 3.63) is 11.7 Å². The number of rotatable bonds is 4. The molecular formula is C13H23N3O2. The van der Waals surface area contributed by atoms with Crippen LogP contribution in [0, 0.1) is 5.92 Å². The quantitative estimate of drug-likeness (QED) is 0.888. The van der Waals surface area contributed by atoms with Crippen LogP contribution in [0.15, 0.2) is 4.52 Å². The van der Waals surface area contributed by atoms with Gasteiger partial charge in [0.2, 0.25) is 5.89 Å². The van der Waals surface area contributed by atoms with Gasteiger partial charge in [-0.1, -0.05) is 19.0 Å². The number of likely N-dealkylation sites (tertiary alicyclic amines) is 1. The largest absolute Gasteiger partial charge is 0.396 e. The maximum Gasteiger partial charge on any atom is 0.243 e. The van der Waals surface area contributed by atoms with Crippen LogP contribution in [0.2, 0.25) is 0 Å². The van der Waals surface area contributed by atoms with Crippen LogP contribution in [0.1, 0.15) is 57.3 Å². The lowest BCUT2D eigenvalue weighted by molar-refractivity contribution is 0.0929. The summed E-state index contributed by atoms with van der Waals surface area (Å²) in [6.07, 6.45) is 2.10. The first-order chi connectivity index (χ1) is 8.61. The summed E-state index contributed by atoms with van der Waals surface area (Å²) in [5, 5.41) is 13.1. The van der Waals surface area contributed by atoms with Gasteiger partial charge >= 0.3 is 0 Å². The molecule has 2 heterocycles. The lowest BCUT2D eigenvalue weighted by atomic mass is 9.97. The highest BCUT2D eigenvalue weighted by molar-refractivity contribution is 4.96. The predicted molar refractivity (Wildman–Crippen MR) is 68.2 cm³/mol. The molecule has 0 spiro atoms. The zero-order valence-electron chi connectivity index (χ0n) is 11.5. The molecule has 1 atom stereocenters. The summed E-state index contributed by atoms with van der Waals surface area (Å²) in [5.74, 6) is 2.25. The van der Waals surface area contributed by atoms with Crippen LogP contribution in [-0.4, -0.2) is 39.8 Å². The van der Waals surface area contributed by atoms with Crippen LogP contribution in [0.25, 0.3) is 0 Å². The van der Waals surface area contributed by atoms with Gasteiger partial charge in [0.15, 0.2) is 5.82 Å². The molecule has 1 aromatic rings. The topological polar surface area (TPSA) is 62.4 Å². The molecule has 2 rings (SSSR count). The van der Waals surface area contributed by atoms with Crippen LogP contribution in [0.4, 0.5) is 0 Å². The van der Waals surface area contributed by atoms with Gasteiger partial charge in [0.05, 0.1) is 6.04 Å². The van der Waals surface area contributed by atoms with Crippen molar-refractivity contribution in [1.29, 1.82) is 0 Å². The molecule has 1 aromatic heterocycles. The van der Waals surface area contributed by atoms with Gasteiger partial charge < -0.3 is 9.63 Å². The molecule has 0 unspecified atom stereocenters. The SMILES string of the molecule is CC(C)c1noc([C@H](C)N2CCC(CO)CC2)n1. The van der Waals surface area contributed by atoms with Crippen LogP contribution in [0.5, 0.6) is 0 Å². The van der Waals surface area contributed by atoms with E-state index in [0.717, 1.165) is 31.8 Å². The fraction of sp³-hybridized carbons (Fsp3) is 0.846. The van der Waals surface area contributed by atoms with Gasteiger partial charge in [-0.3, -0.25) is 4.90 Å². The van der Waals surface area contributed by atoms with Crippen LogP contribution >= 0.6 is 0 Å². The molecule has 0 amide bonds. The van der Waals surface area contributed by atoms with Crippen molar-refractivity contribution in [3.8, 4) is 0 Å². The number of aliphatic hydroxyl groups is 1. The minimum absolute atomic E-state index is 0.171. The fourth-order valence-corrected chi connectivity index (χ4v) is 2.33. The first-order valence-corrected chi connectivity index (χ1v) is 6.80. The number of nitrogens with zero attached hydrogens (tertiary/aromatic N) is 3. The summed E-state index contributed by atoms with van der Waals surface area (Å²) in [6.45, 7) is 8.52. The molecule has 1 fully saturated rings. The Labute approximate surface area is 108 Å². The second-order valence-corrected chi connectivity index (χ2v) is 5.48. The highest BCUT2D eigenvalue weighted by atomic mass is 16.5. The molecule has 1 aliphatic rings. The third-order valence-electron chi connectivity index (χ3n) is 3.79. The monoisotopic (exact) mass is 253 g/mol. The second-order valence-electron chi connectivity index (χ2n) is 5.48. The molecule has 0 aromatic carbocycles. The van der Waals surface area contributed by atoms with E-state index in [1.165, 1.54) is 0 Å². The van der Waals surface area contributed by atoms with Gasteiger partial charge in [0.25, 0.3) is 0 Å². The summed E-state index contributed by atoms with van der Waals surface area (Å²) >= 11 is 0. The Bertz CT molecular complexity index is 370. The maximum absolute atomic E-state index is 9.14. The summed E-state index contributed by atoms with van der Waals surface area (Å²) in [4.78, 5) is 6.81. The van der Waals surface area contributed by atoms with E-state index in [2.05, 4.69) is 35.8 Å². The van der Waals surface area contributed by atoms with E-state index in [9.17, 15) is 0 Å². The Kier molecular flexibility index (Phi) is 4.35. The molecule has 102 valence electrons. The van der Waals surface area contributed by atoms with Gasteiger partial charge in [-0.2, -0.15) is 4.98 Å². The van der Waals surface area contributed by atoms with Crippen molar-refractivity contribution >= 4 is 0 Å². The minimum atomic E-state index is 0.171. The van der Waals surface area contributed by atoms with Crippen molar-refractivity contribution in [2.24, 2.45) is 5.92 Å². The van der Waals surface area contributed by atoms with E-state index >= 15 is 0 Å². The third-order valence-corrected chi connectivity index (χ3v) is 3.79. The van der Waals surface area contributed by atoms with E-state index in [0.29, 0.717) is 24.3 Å². The standard InChI is InChI=1S/C13H23N3O2/c1-9(2)12-14-13(18-15-12)10(3)16-6-4-11(8-17)5-7-16/h9-11,17H,4-8H2,1-3H3/t10-/m0/s1. The molecule has 0 aliphatic carbocycles. The van der Waals surface area contributed by atoms with Gasteiger partial charge in [-0.25, -0.2) is 0 Å². The molecule has 5 heteroatoms. The summed E-state index contributed by atoms with van der Waals surface area (Å²) in [5.41, 5.74) is 0. The number of hydrogen-bond donors (Lipinski definition) is 1. The molecule has 1 N–H and O–H groups in total. The smallest absolute Gasteiger partial charge is 0.243 e. The van der Waals surface area contributed by atoms with E-state index in [4.69, 9.17) is 9.63 Å². The van der Waals surface area contributed by atoms with Crippen molar-refractivity contribution in [2.75, 3.05) is 19.7 Å². The minimum Gasteiger partial charge on any atom is -0.396 e. The van der Waals surface area contributed by atoms with Gasteiger partial charge in [0, 0.05) is 12.5 Å². The van der Waals surface area contributed by atoms with Gasteiger partial charge in [-0.05, 0) is 38.8 Å². The molecule has 0 bridgehead atoms. The Balaban J connectivity index is 1.96. The molecule has 18 heavy (non-hydrogen) atoms. The number of hydrogen-bond acceptors (Lipinski definition) is 5. The van der Waals surface area contributed by atoms with Crippen LogP contribution in [0.3, 0.4) is 0 Å². The highest BCUT2D eigenvalue weighted by Gasteiger charge is 2.26. The van der Waals surface area contributed by atoms with Crippen molar-refractivity contribution < 1.29 is 9.63 Å². The van der Waals surface area contributed by atoms with Crippen molar-refractivity contribution in [3.63, 3.8) is 0 Å². The van der Waals surface area contributed by atoms with Crippen LogP contribution < -0.4 is 0 Å². The zero-order chi connectivity index (χ0) is 13.1. The third kappa shape index (κ3) is 2.90. The summed E-state index contributed by atoms with van der Waals surface area (Å²) < 4.78 is 5.34. The number of aromatic nitrogens is 2. The van der Waals surface area contributed by atoms with Crippen molar-refractivity contribution in [1.82, 2.24) is 15.0 Å². The number of aliphatic hydroxyl groups excluding tert-OH is 1. The molecular weight excluding hydrogens is 230 g/mol. The molecule has 5 nitrogen and oxygen atoms in total. The molecule has 0 radical (unpaired) electrons. The lowest BCUT2D eigenvalue weighted by Gasteiger charge is -2.33. The van der Waals surface area contributed by atoms with Gasteiger partial charge in [-0.15, -0.1) is 0 Å². The molecule has 1 saturated heterocycles. The Hall–Kier alpha value is -0.940. The van der Waals surface area contributed by atoms with E-state index < -0.39 is 0 Å². The molecule has 0 saturated carbocycles. The van der Waals surface area contributed by atoms with Gasteiger partial charge in [0.1, 0.15) is 0 Å². The first-order valence-electron chi connectivity index (χ1n) is 6.80. The Morgan fingerprint density at radius 2 is 2.00 bits per heavy atom. The average molecular weight is 253 g/mol. The first kappa shape index (κ1) is 13.5. The fourth-order valence-electron chi connectivity index (χ4n) is 2.33. The van der Waals surface area contributed by atoms with Crippen LogP contribution in [-0.2, 0) is 0 Å². The maximum atomic E-state index is 9.14. The molecule has 1 aliphatic heterocycles. The Morgan fingerprint density at radius 1 is 1.33 bits per heavy atom. The highest BCUT2D eigenvalue weighted by Crippen LogP contribution is 2.26. The normalized spacial score (nSPS) is 20.5.